The number of rotatable bonds is 4. The average molecular weight is 464 g/mol. The fourth-order valence-electron chi connectivity index (χ4n) is 5.19. The molecule has 2 aliphatic rings. The molecule has 1 amide bonds. The average Bonchev–Trinajstić information content (AvgIpc) is 3.48. The Kier molecular flexibility index (Phi) is 4.56. The van der Waals surface area contributed by atoms with Gasteiger partial charge in [0.2, 0.25) is 0 Å². The third kappa shape index (κ3) is 3.50. The number of carbonyl (C=O) groups is 1. The number of anilines is 2. The Morgan fingerprint density at radius 3 is 2.79 bits per heavy atom. The van der Waals surface area contributed by atoms with Crippen LogP contribution in [0.25, 0.3) is 21.3 Å². The van der Waals surface area contributed by atoms with Gasteiger partial charge in [0.05, 0.1) is 18.3 Å². The van der Waals surface area contributed by atoms with Gasteiger partial charge >= 0.3 is 0 Å². The van der Waals surface area contributed by atoms with Crippen LogP contribution < -0.4 is 15.0 Å². The maximum absolute atomic E-state index is 13.0. The molecule has 0 radical (unpaired) electrons. The van der Waals surface area contributed by atoms with Gasteiger partial charge in [0, 0.05) is 56.3 Å². The summed E-state index contributed by atoms with van der Waals surface area (Å²) in [7, 11) is 5.61. The van der Waals surface area contributed by atoms with Crippen molar-refractivity contribution in [2.45, 2.75) is 6.42 Å². The molecule has 1 aromatic carbocycles. The summed E-state index contributed by atoms with van der Waals surface area (Å²) in [5.74, 6) is 1.24. The van der Waals surface area contributed by atoms with Crippen LogP contribution in [0.2, 0.25) is 0 Å². The van der Waals surface area contributed by atoms with E-state index in [1.165, 1.54) is 17.8 Å². The van der Waals surface area contributed by atoms with E-state index in [0.717, 1.165) is 53.2 Å². The summed E-state index contributed by atoms with van der Waals surface area (Å²) in [4.78, 5) is 27.9. The number of thiazole rings is 1. The van der Waals surface area contributed by atoms with Crippen LogP contribution in [-0.4, -0.2) is 70.9 Å². The zero-order chi connectivity index (χ0) is 22.7. The van der Waals surface area contributed by atoms with E-state index in [1.807, 2.05) is 37.5 Å². The fourth-order valence-corrected chi connectivity index (χ4v) is 6.01. The van der Waals surface area contributed by atoms with Crippen molar-refractivity contribution in [3.63, 3.8) is 0 Å². The number of likely N-dealkylation sites (tertiary alicyclic amines) is 1. The summed E-state index contributed by atoms with van der Waals surface area (Å²) in [5.41, 5.74) is 2.55. The molecule has 10 heteroatoms. The van der Waals surface area contributed by atoms with Crippen molar-refractivity contribution >= 4 is 50.0 Å². The number of amides is 1. The Hall–Kier alpha value is -3.24. The third-order valence-corrected chi connectivity index (χ3v) is 7.56. The predicted octanol–water partition coefficient (Wildman–Crippen LogP) is 2.98. The number of hydrogen-bond acceptors (Lipinski definition) is 8. The second-order valence-electron chi connectivity index (χ2n) is 9.22. The van der Waals surface area contributed by atoms with Crippen molar-refractivity contribution in [1.82, 2.24) is 24.6 Å². The summed E-state index contributed by atoms with van der Waals surface area (Å²) in [6.07, 6.45) is 3.11. The Balaban J connectivity index is 1.24. The number of hydrogen-bond donors (Lipinski definition) is 1. The van der Waals surface area contributed by atoms with Crippen LogP contribution in [0.4, 0.5) is 11.5 Å². The van der Waals surface area contributed by atoms with Gasteiger partial charge in [0.25, 0.3) is 5.91 Å². The predicted molar refractivity (Wildman–Crippen MR) is 129 cm³/mol. The van der Waals surface area contributed by atoms with E-state index in [1.54, 1.807) is 11.8 Å². The number of benzene rings is 1. The summed E-state index contributed by atoms with van der Waals surface area (Å²) in [6, 6.07) is 7.67. The van der Waals surface area contributed by atoms with Crippen LogP contribution >= 0.6 is 11.3 Å². The first-order valence-corrected chi connectivity index (χ1v) is 11.8. The van der Waals surface area contributed by atoms with Gasteiger partial charge in [-0.3, -0.25) is 9.48 Å². The van der Waals surface area contributed by atoms with E-state index in [2.05, 4.69) is 32.2 Å². The lowest BCUT2D eigenvalue weighted by Crippen LogP contribution is -2.55. The number of aryl methyl sites for hydroxylation is 1. The van der Waals surface area contributed by atoms with Gasteiger partial charge in [-0.1, -0.05) is 11.3 Å². The second kappa shape index (κ2) is 7.39. The van der Waals surface area contributed by atoms with Crippen LogP contribution in [0.1, 0.15) is 16.2 Å². The van der Waals surface area contributed by atoms with Gasteiger partial charge in [-0.25, -0.2) is 9.97 Å². The monoisotopic (exact) mass is 463 g/mol. The first kappa shape index (κ1) is 20.4. The minimum Gasteiger partial charge on any atom is -0.494 e. The zero-order valence-electron chi connectivity index (χ0n) is 18.8. The molecule has 0 saturated carbocycles. The maximum Gasteiger partial charge on any atom is 0.284 e. The molecule has 2 aliphatic heterocycles. The van der Waals surface area contributed by atoms with Crippen LogP contribution in [0.15, 0.2) is 30.5 Å². The molecular weight excluding hydrogens is 438 g/mol. The summed E-state index contributed by atoms with van der Waals surface area (Å²) in [5, 5.41) is 8.63. The fraction of sp³-hybridized carbons (Fsp3) is 0.391. The van der Waals surface area contributed by atoms with Crippen molar-refractivity contribution < 1.29 is 9.53 Å². The molecule has 5 heterocycles. The molecule has 3 aromatic heterocycles. The lowest BCUT2D eigenvalue weighted by atomic mass is 9.79. The number of nitrogens with zero attached hydrogens (tertiary/aromatic N) is 6. The molecule has 0 bridgehead atoms. The molecule has 1 N–H and O–H groups in total. The standard InChI is InChI=1S/C23H25N7O2S/c1-28-11-23(12-28)6-7-30(13-23)19-5-4-15-21(26-19)33-22(25-15)20(31)24-17-8-14-10-29(2)27-16(14)9-18(17)32-3/h4-5,8-10H,6-7,11-13H2,1-3H3,(H,24,31). The van der Waals surface area contributed by atoms with Crippen LogP contribution in [-0.2, 0) is 7.05 Å². The smallest absolute Gasteiger partial charge is 0.284 e. The van der Waals surface area contributed by atoms with E-state index >= 15 is 0 Å². The molecule has 170 valence electrons. The highest BCUT2D eigenvalue weighted by molar-refractivity contribution is 7.20. The zero-order valence-corrected chi connectivity index (χ0v) is 19.6. The lowest BCUT2D eigenvalue weighted by Gasteiger charge is -2.46. The summed E-state index contributed by atoms with van der Waals surface area (Å²) >= 11 is 1.31. The molecule has 0 aliphatic carbocycles. The van der Waals surface area contributed by atoms with Crippen molar-refractivity contribution in [3.05, 3.63) is 35.5 Å². The number of nitrogens with one attached hydrogen (secondary N) is 1. The Morgan fingerprint density at radius 2 is 2.00 bits per heavy atom. The van der Waals surface area contributed by atoms with Crippen LogP contribution in [0.5, 0.6) is 5.75 Å². The molecule has 33 heavy (non-hydrogen) atoms. The molecule has 9 nitrogen and oxygen atoms in total. The molecule has 2 saturated heterocycles. The first-order chi connectivity index (χ1) is 15.9. The van der Waals surface area contributed by atoms with Gasteiger partial charge in [-0.15, -0.1) is 0 Å². The number of aromatic nitrogens is 4. The van der Waals surface area contributed by atoms with Crippen molar-refractivity contribution in [2.75, 3.05) is 50.6 Å². The molecule has 0 unspecified atom stereocenters. The normalized spacial score (nSPS) is 17.7. The SMILES string of the molecule is COc1cc2nn(C)cc2cc1NC(=O)c1nc2ccc(N3CCC4(CN(C)C4)C3)nc2s1. The molecular formula is C23H25N7O2S. The van der Waals surface area contributed by atoms with Gasteiger partial charge in [-0.2, -0.15) is 5.10 Å². The summed E-state index contributed by atoms with van der Waals surface area (Å²) in [6.45, 7) is 4.38. The highest BCUT2D eigenvalue weighted by Crippen LogP contribution is 2.40. The molecule has 4 aromatic rings. The Morgan fingerprint density at radius 1 is 1.15 bits per heavy atom. The number of ether oxygens (including phenoxy) is 1. The molecule has 6 rings (SSSR count). The lowest BCUT2D eigenvalue weighted by molar-refractivity contribution is 0.0424. The Bertz CT molecular complexity index is 1390. The minimum atomic E-state index is -0.279. The summed E-state index contributed by atoms with van der Waals surface area (Å²) < 4.78 is 7.20. The highest BCUT2D eigenvalue weighted by Gasteiger charge is 2.46. The molecule has 0 atom stereocenters. The first-order valence-electron chi connectivity index (χ1n) is 11.0. The molecule has 1 spiro atoms. The number of pyridine rings is 1. The quantitative estimate of drug-likeness (QED) is 0.498. The van der Waals surface area contributed by atoms with Crippen molar-refractivity contribution in [2.24, 2.45) is 12.5 Å². The number of carbonyl (C=O) groups excluding carboxylic acids is 1. The van der Waals surface area contributed by atoms with Crippen LogP contribution in [0.3, 0.4) is 0 Å². The van der Waals surface area contributed by atoms with Crippen molar-refractivity contribution in [3.8, 4) is 5.75 Å². The Labute approximate surface area is 195 Å². The van der Waals surface area contributed by atoms with Gasteiger partial charge < -0.3 is 19.9 Å². The number of methoxy groups -OCH3 is 1. The third-order valence-electron chi connectivity index (χ3n) is 6.60. The number of fused-ring (bicyclic) bond motifs is 2. The van der Waals surface area contributed by atoms with Crippen molar-refractivity contribution in [1.29, 1.82) is 0 Å². The topological polar surface area (TPSA) is 88.4 Å². The van der Waals surface area contributed by atoms with E-state index in [-0.39, 0.29) is 5.91 Å². The van der Waals surface area contributed by atoms with Gasteiger partial charge in [-0.05, 0) is 31.7 Å². The maximum atomic E-state index is 13.0. The van der Waals surface area contributed by atoms with Gasteiger partial charge in [0.15, 0.2) is 5.01 Å². The second-order valence-corrected chi connectivity index (χ2v) is 10.2. The van der Waals surface area contributed by atoms with Gasteiger partial charge in [0.1, 0.15) is 21.9 Å². The highest BCUT2D eigenvalue weighted by atomic mass is 32.1. The van der Waals surface area contributed by atoms with E-state index < -0.39 is 0 Å². The molecule has 2 fully saturated rings. The van der Waals surface area contributed by atoms with Crippen LogP contribution in [0, 0.1) is 5.41 Å². The van der Waals surface area contributed by atoms with E-state index in [4.69, 9.17) is 9.72 Å². The van der Waals surface area contributed by atoms with E-state index in [0.29, 0.717) is 21.9 Å². The largest absolute Gasteiger partial charge is 0.494 e. The minimum absolute atomic E-state index is 0.279. The van der Waals surface area contributed by atoms with E-state index in [9.17, 15) is 4.79 Å².